The third kappa shape index (κ3) is 2.13. The zero-order valence-electron chi connectivity index (χ0n) is 8.18. The molecule has 1 heterocycles. The smallest absolute Gasteiger partial charge is 0.120 e. The molecule has 1 aromatic rings. The van der Waals surface area contributed by atoms with Crippen LogP contribution in [0.5, 0.6) is 0 Å². The lowest BCUT2D eigenvalue weighted by molar-refractivity contribution is 0.478. The summed E-state index contributed by atoms with van der Waals surface area (Å²) in [5.74, 6) is 1.95. The van der Waals surface area contributed by atoms with E-state index in [-0.39, 0.29) is 0 Å². The molecule has 0 bridgehead atoms. The molecule has 1 saturated carbocycles. The molecule has 2 rings (SSSR count). The van der Waals surface area contributed by atoms with Crippen molar-refractivity contribution in [3.63, 3.8) is 0 Å². The Labute approximate surface area is 79.3 Å². The van der Waals surface area contributed by atoms with Crippen molar-refractivity contribution in [2.24, 2.45) is 0 Å². The Bertz CT molecular complexity index is 263. The van der Waals surface area contributed by atoms with Crippen LogP contribution in [0.4, 0.5) is 0 Å². The second-order valence-electron chi connectivity index (χ2n) is 3.75. The highest BCUT2D eigenvalue weighted by Crippen LogP contribution is 2.41. The first kappa shape index (κ1) is 8.82. The van der Waals surface area contributed by atoms with Crippen molar-refractivity contribution in [2.75, 3.05) is 6.54 Å². The Morgan fingerprint density at radius 1 is 1.54 bits per heavy atom. The standard InChI is InChI=1S/C11H17NO/c1-2-6-12-8-11-10(5-7-13-11)9-3-4-9/h5,7,9,12H,2-4,6,8H2,1H3. The van der Waals surface area contributed by atoms with E-state index in [1.54, 1.807) is 0 Å². The van der Waals surface area contributed by atoms with Gasteiger partial charge in [0, 0.05) is 0 Å². The first-order valence-electron chi connectivity index (χ1n) is 5.18. The summed E-state index contributed by atoms with van der Waals surface area (Å²) in [6.45, 7) is 4.15. The van der Waals surface area contributed by atoms with Gasteiger partial charge in [-0.3, -0.25) is 0 Å². The minimum absolute atomic E-state index is 0.803. The minimum atomic E-state index is 0.803. The summed E-state index contributed by atoms with van der Waals surface area (Å²) in [5, 5.41) is 3.37. The molecule has 1 aliphatic rings. The van der Waals surface area contributed by atoms with Gasteiger partial charge in [0.25, 0.3) is 0 Å². The summed E-state index contributed by atoms with van der Waals surface area (Å²) in [7, 11) is 0. The molecule has 13 heavy (non-hydrogen) atoms. The van der Waals surface area contributed by atoms with Crippen LogP contribution in [0.3, 0.4) is 0 Å². The van der Waals surface area contributed by atoms with Crippen molar-refractivity contribution in [2.45, 2.75) is 38.6 Å². The number of nitrogens with one attached hydrogen (secondary N) is 1. The molecule has 2 heteroatoms. The van der Waals surface area contributed by atoms with Crippen LogP contribution in [-0.4, -0.2) is 6.54 Å². The van der Waals surface area contributed by atoms with Crippen molar-refractivity contribution in [3.8, 4) is 0 Å². The second kappa shape index (κ2) is 3.97. The van der Waals surface area contributed by atoms with E-state index in [0.717, 1.165) is 24.8 Å². The predicted octanol–water partition coefficient (Wildman–Crippen LogP) is 2.66. The topological polar surface area (TPSA) is 25.2 Å². The molecule has 2 nitrogen and oxygen atoms in total. The molecule has 1 N–H and O–H groups in total. The number of hydrogen-bond acceptors (Lipinski definition) is 2. The van der Waals surface area contributed by atoms with E-state index >= 15 is 0 Å². The molecule has 0 atom stereocenters. The van der Waals surface area contributed by atoms with Crippen LogP contribution >= 0.6 is 0 Å². The highest BCUT2D eigenvalue weighted by Gasteiger charge is 2.27. The minimum Gasteiger partial charge on any atom is -0.468 e. The largest absolute Gasteiger partial charge is 0.468 e. The fourth-order valence-corrected chi connectivity index (χ4v) is 1.63. The fraction of sp³-hybridized carbons (Fsp3) is 0.636. The van der Waals surface area contributed by atoms with Crippen molar-refractivity contribution >= 4 is 0 Å². The fourth-order valence-electron chi connectivity index (χ4n) is 1.63. The third-order valence-electron chi connectivity index (χ3n) is 2.51. The molecule has 0 unspecified atom stereocenters. The maximum atomic E-state index is 5.45. The molecule has 0 aromatic carbocycles. The molecule has 0 amide bonds. The summed E-state index contributed by atoms with van der Waals surface area (Å²) in [6.07, 6.45) is 5.69. The lowest BCUT2D eigenvalue weighted by atomic mass is 10.1. The summed E-state index contributed by atoms with van der Waals surface area (Å²) >= 11 is 0. The van der Waals surface area contributed by atoms with E-state index in [9.17, 15) is 0 Å². The molecule has 0 aliphatic heterocycles. The Kier molecular flexibility index (Phi) is 2.69. The second-order valence-corrected chi connectivity index (χ2v) is 3.75. The molecule has 0 spiro atoms. The van der Waals surface area contributed by atoms with Gasteiger partial charge in [0.05, 0.1) is 12.8 Å². The van der Waals surface area contributed by atoms with E-state index in [1.165, 1.54) is 24.8 Å². The van der Waals surface area contributed by atoms with Crippen molar-refractivity contribution in [1.82, 2.24) is 5.32 Å². The average molecular weight is 179 g/mol. The van der Waals surface area contributed by atoms with Gasteiger partial charge in [0.1, 0.15) is 5.76 Å². The van der Waals surface area contributed by atoms with Gasteiger partial charge in [-0.15, -0.1) is 0 Å². The summed E-state index contributed by atoms with van der Waals surface area (Å²) in [5.41, 5.74) is 1.43. The van der Waals surface area contributed by atoms with Gasteiger partial charge in [0.2, 0.25) is 0 Å². The maximum Gasteiger partial charge on any atom is 0.120 e. The van der Waals surface area contributed by atoms with Gasteiger partial charge in [-0.05, 0) is 43.4 Å². The lowest BCUT2D eigenvalue weighted by Crippen LogP contribution is -2.14. The van der Waals surface area contributed by atoms with E-state index < -0.39 is 0 Å². The number of rotatable bonds is 5. The van der Waals surface area contributed by atoms with Crippen LogP contribution in [0.15, 0.2) is 16.7 Å². The monoisotopic (exact) mass is 179 g/mol. The van der Waals surface area contributed by atoms with Crippen molar-refractivity contribution < 1.29 is 4.42 Å². The molecule has 1 fully saturated rings. The van der Waals surface area contributed by atoms with Gasteiger partial charge in [0.15, 0.2) is 0 Å². The molecule has 0 radical (unpaired) electrons. The number of furan rings is 1. The van der Waals surface area contributed by atoms with Crippen molar-refractivity contribution in [3.05, 3.63) is 23.7 Å². The molecule has 1 aromatic heterocycles. The van der Waals surface area contributed by atoms with E-state index in [1.807, 2.05) is 6.26 Å². The highest BCUT2D eigenvalue weighted by atomic mass is 16.3. The van der Waals surface area contributed by atoms with Gasteiger partial charge < -0.3 is 9.73 Å². The summed E-state index contributed by atoms with van der Waals surface area (Å²) in [6, 6.07) is 2.13. The van der Waals surface area contributed by atoms with Crippen LogP contribution in [0, 0.1) is 0 Å². The van der Waals surface area contributed by atoms with Crippen LogP contribution in [0.25, 0.3) is 0 Å². The molecule has 72 valence electrons. The third-order valence-corrected chi connectivity index (χ3v) is 2.51. The Morgan fingerprint density at radius 3 is 3.08 bits per heavy atom. The molecular weight excluding hydrogens is 162 g/mol. The lowest BCUT2D eigenvalue weighted by Gasteiger charge is -2.02. The molecular formula is C11H17NO. The molecule has 1 aliphatic carbocycles. The van der Waals surface area contributed by atoms with Gasteiger partial charge in [-0.25, -0.2) is 0 Å². The zero-order valence-corrected chi connectivity index (χ0v) is 8.18. The van der Waals surface area contributed by atoms with E-state index in [4.69, 9.17) is 4.42 Å². The first-order chi connectivity index (χ1) is 6.42. The average Bonchev–Trinajstić information content (AvgIpc) is 2.88. The zero-order chi connectivity index (χ0) is 9.10. The van der Waals surface area contributed by atoms with Crippen LogP contribution in [0.1, 0.15) is 43.4 Å². The quantitative estimate of drug-likeness (QED) is 0.703. The van der Waals surface area contributed by atoms with E-state index in [2.05, 4.69) is 18.3 Å². The van der Waals surface area contributed by atoms with Gasteiger partial charge in [-0.1, -0.05) is 6.92 Å². The normalized spacial score (nSPS) is 16.4. The van der Waals surface area contributed by atoms with Crippen molar-refractivity contribution in [1.29, 1.82) is 0 Å². The Morgan fingerprint density at radius 2 is 2.38 bits per heavy atom. The Balaban J connectivity index is 1.90. The Hall–Kier alpha value is -0.760. The maximum absolute atomic E-state index is 5.45. The SMILES string of the molecule is CCCNCc1occc1C1CC1. The van der Waals surface area contributed by atoms with E-state index in [0.29, 0.717) is 0 Å². The highest BCUT2D eigenvalue weighted by molar-refractivity contribution is 5.25. The summed E-state index contributed by atoms with van der Waals surface area (Å²) < 4.78 is 5.45. The predicted molar refractivity (Wildman–Crippen MR) is 52.7 cm³/mol. The van der Waals surface area contributed by atoms with Crippen LogP contribution in [0.2, 0.25) is 0 Å². The van der Waals surface area contributed by atoms with Gasteiger partial charge in [-0.2, -0.15) is 0 Å². The van der Waals surface area contributed by atoms with Crippen LogP contribution < -0.4 is 5.32 Å². The first-order valence-corrected chi connectivity index (χ1v) is 5.18. The molecule has 0 saturated heterocycles. The number of hydrogen-bond donors (Lipinski definition) is 1. The summed E-state index contributed by atoms with van der Waals surface area (Å²) in [4.78, 5) is 0. The van der Waals surface area contributed by atoms with Crippen LogP contribution in [-0.2, 0) is 6.54 Å². The van der Waals surface area contributed by atoms with Gasteiger partial charge >= 0.3 is 0 Å².